The van der Waals surface area contributed by atoms with E-state index >= 15 is 0 Å². The summed E-state index contributed by atoms with van der Waals surface area (Å²) in [7, 11) is 0. The smallest absolute Gasteiger partial charge is 0.120 e. The highest BCUT2D eigenvalue weighted by Gasteiger charge is 2.12. The molecule has 2 atom stereocenters. The van der Waals surface area contributed by atoms with Gasteiger partial charge in [-0.2, -0.15) is 0 Å². The lowest BCUT2D eigenvalue weighted by molar-refractivity contribution is 0.275. The van der Waals surface area contributed by atoms with Crippen LogP contribution in [0.2, 0.25) is 0 Å². The number of hydrogen-bond acceptors (Lipinski definition) is 1. The first-order valence-corrected chi connectivity index (χ1v) is 7.36. The fourth-order valence-electron chi connectivity index (χ4n) is 1.64. The zero-order chi connectivity index (χ0) is 12.0. The van der Waals surface area contributed by atoms with Gasteiger partial charge in [-0.3, -0.25) is 0 Å². The van der Waals surface area contributed by atoms with E-state index in [9.17, 15) is 0 Å². The van der Waals surface area contributed by atoms with Crippen molar-refractivity contribution in [3.8, 4) is 5.75 Å². The quantitative estimate of drug-likeness (QED) is 0.654. The van der Waals surface area contributed by atoms with Gasteiger partial charge in [-0.05, 0) is 30.5 Å². The molecule has 16 heavy (non-hydrogen) atoms. The molecule has 0 fully saturated rings. The van der Waals surface area contributed by atoms with Crippen LogP contribution in [0.5, 0.6) is 5.75 Å². The summed E-state index contributed by atoms with van der Waals surface area (Å²) in [6.45, 7) is 5.21. The Bertz CT molecular complexity index is 313. The van der Waals surface area contributed by atoms with Crippen molar-refractivity contribution in [1.29, 1.82) is 0 Å². The van der Waals surface area contributed by atoms with Crippen molar-refractivity contribution in [1.82, 2.24) is 0 Å². The summed E-state index contributed by atoms with van der Waals surface area (Å²) in [5.74, 6) is 1.62. The van der Waals surface area contributed by atoms with Crippen LogP contribution < -0.4 is 4.74 Å². The van der Waals surface area contributed by atoms with Gasteiger partial charge in [-0.1, -0.05) is 58.2 Å². The second-order valence-electron chi connectivity index (χ2n) is 3.94. The lowest BCUT2D eigenvalue weighted by Crippen LogP contribution is -2.13. The maximum absolute atomic E-state index is 5.72. The Labute approximate surface area is 115 Å². The minimum absolute atomic E-state index is 0.559. The van der Waals surface area contributed by atoms with E-state index in [0.29, 0.717) is 10.7 Å². The highest BCUT2D eigenvalue weighted by Crippen LogP contribution is 2.22. The Morgan fingerprint density at radius 3 is 2.69 bits per heavy atom. The lowest BCUT2D eigenvalue weighted by atomic mass is 10.0. The van der Waals surface area contributed by atoms with E-state index in [1.807, 2.05) is 24.3 Å². The second-order valence-corrected chi connectivity index (χ2v) is 6.30. The first kappa shape index (κ1) is 14.0. The summed E-state index contributed by atoms with van der Waals surface area (Å²) >= 11 is 7.07. The maximum atomic E-state index is 5.72. The molecule has 0 amide bonds. The van der Waals surface area contributed by atoms with Crippen LogP contribution >= 0.6 is 31.9 Å². The van der Waals surface area contributed by atoms with Crippen LogP contribution in [0.25, 0.3) is 0 Å². The highest BCUT2D eigenvalue weighted by atomic mass is 79.9. The first-order chi connectivity index (χ1) is 7.63. The number of hydrogen-bond donors (Lipinski definition) is 0. The largest absolute Gasteiger partial charge is 0.494 e. The fourth-order valence-corrected chi connectivity index (χ4v) is 2.66. The molecule has 1 rings (SSSR count). The highest BCUT2D eigenvalue weighted by molar-refractivity contribution is 9.10. The zero-order valence-electron chi connectivity index (χ0n) is 9.75. The predicted octanol–water partition coefficient (Wildman–Crippen LogP) is 5.03. The number of rotatable bonds is 6. The summed E-state index contributed by atoms with van der Waals surface area (Å²) in [5.41, 5.74) is 0. The van der Waals surface area contributed by atoms with E-state index in [2.05, 4.69) is 45.7 Å². The summed E-state index contributed by atoms with van der Waals surface area (Å²) < 4.78 is 6.78. The van der Waals surface area contributed by atoms with Crippen molar-refractivity contribution in [3.05, 3.63) is 28.7 Å². The van der Waals surface area contributed by atoms with E-state index in [1.54, 1.807) is 0 Å². The van der Waals surface area contributed by atoms with Gasteiger partial charge < -0.3 is 4.74 Å². The number of benzene rings is 1. The van der Waals surface area contributed by atoms with Gasteiger partial charge in [0.1, 0.15) is 5.75 Å². The van der Waals surface area contributed by atoms with E-state index in [1.165, 1.54) is 6.42 Å². The van der Waals surface area contributed by atoms with Gasteiger partial charge in [0.2, 0.25) is 0 Å². The molecule has 0 aliphatic carbocycles. The first-order valence-electron chi connectivity index (χ1n) is 5.66. The Balaban J connectivity index is 2.35. The summed E-state index contributed by atoms with van der Waals surface area (Å²) in [4.78, 5) is 0.559. The molecule has 90 valence electrons. The zero-order valence-corrected chi connectivity index (χ0v) is 12.9. The third-order valence-corrected chi connectivity index (χ3v) is 3.97. The molecule has 0 N–H and O–H groups in total. The molecule has 0 aliphatic rings. The average molecular weight is 350 g/mol. The standard InChI is InChI=1S/C13H18Br2O/c1-3-11(10(2)14)7-8-16-13-6-4-5-12(15)9-13/h4-6,9-11H,3,7-8H2,1-2H3. The maximum Gasteiger partial charge on any atom is 0.120 e. The van der Waals surface area contributed by atoms with Crippen LogP contribution in [-0.4, -0.2) is 11.4 Å². The number of alkyl halides is 1. The fraction of sp³-hybridized carbons (Fsp3) is 0.538. The molecule has 0 bridgehead atoms. The summed E-state index contributed by atoms with van der Waals surface area (Å²) in [6.07, 6.45) is 2.28. The molecule has 1 aromatic rings. The van der Waals surface area contributed by atoms with Crippen molar-refractivity contribution in [3.63, 3.8) is 0 Å². The Kier molecular flexibility index (Phi) is 6.44. The van der Waals surface area contributed by atoms with E-state index < -0.39 is 0 Å². The molecule has 0 aliphatic heterocycles. The van der Waals surface area contributed by atoms with Crippen molar-refractivity contribution in [2.75, 3.05) is 6.61 Å². The average Bonchev–Trinajstić information content (AvgIpc) is 2.24. The molecule has 0 spiro atoms. The molecule has 1 nitrogen and oxygen atoms in total. The van der Waals surface area contributed by atoms with Crippen LogP contribution in [0, 0.1) is 5.92 Å². The number of halogens is 2. The van der Waals surface area contributed by atoms with Gasteiger partial charge in [-0.25, -0.2) is 0 Å². The van der Waals surface area contributed by atoms with Crippen LogP contribution in [0.3, 0.4) is 0 Å². The molecule has 3 heteroatoms. The van der Waals surface area contributed by atoms with Crippen LogP contribution in [0.1, 0.15) is 26.7 Å². The monoisotopic (exact) mass is 348 g/mol. The Hall–Kier alpha value is -0.0200. The summed E-state index contributed by atoms with van der Waals surface area (Å²) in [5, 5.41) is 0. The van der Waals surface area contributed by atoms with Crippen LogP contribution in [0.4, 0.5) is 0 Å². The van der Waals surface area contributed by atoms with E-state index in [0.717, 1.165) is 23.2 Å². The third kappa shape index (κ3) is 4.88. The Morgan fingerprint density at radius 2 is 2.12 bits per heavy atom. The van der Waals surface area contributed by atoms with Crippen LogP contribution in [0.15, 0.2) is 28.7 Å². The number of ether oxygens (including phenoxy) is 1. The molecule has 0 aromatic heterocycles. The van der Waals surface area contributed by atoms with Crippen molar-refractivity contribution >= 4 is 31.9 Å². The molecule has 0 radical (unpaired) electrons. The molecule has 0 saturated carbocycles. The minimum atomic E-state index is 0.559. The van der Waals surface area contributed by atoms with Crippen molar-refractivity contribution in [2.45, 2.75) is 31.5 Å². The van der Waals surface area contributed by atoms with Gasteiger partial charge in [0.15, 0.2) is 0 Å². The van der Waals surface area contributed by atoms with E-state index in [-0.39, 0.29) is 0 Å². The van der Waals surface area contributed by atoms with Gasteiger partial charge in [0.05, 0.1) is 6.61 Å². The van der Waals surface area contributed by atoms with Gasteiger partial charge >= 0.3 is 0 Å². The molecule has 0 saturated heterocycles. The molecular weight excluding hydrogens is 332 g/mol. The topological polar surface area (TPSA) is 9.23 Å². The van der Waals surface area contributed by atoms with Crippen molar-refractivity contribution < 1.29 is 4.74 Å². The van der Waals surface area contributed by atoms with Crippen molar-refractivity contribution in [2.24, 2.45) is 5.92 Å². The van der Waals surface area contributed by atoms with Gasteiger partial charge in [0.25, 0.3) is 0 Å². The molecule has 1 aromatic carbocycles. The van der Waals surface area contributed by atoms with Gasteiger partial charge in [-0.15, -0.1) is 0 Å². The molecule has 2 unspecified atom stereocenters. The second kappa shape index (κ2) is 7.33. The lowest BCUT2D eigenvalue weighted by Gasteiger charge is -2.17. The Morgan fingerprint density at radius 1 is 1.38 bits per heavy atom. The van der Waals surface area contributed by atoms with Gasteiger partial charge in [0, 0.05) is 9.30 Å². The third-order valence-electron chi connectivity index (χ3n) is 2.73. The molecule has 0 heterocycles. The normalized spacial score (nSPS) is 14.5. The van der Waals surface area contributed by atoms with Crippen LogP contribution in [-0.2, 0) is 0 Å². The summed E-state index contributed by atoms with van der Waals surface area (Å²) in [6, 6.07) is 7.98. The molecular formula is C13H18Br2O. The SMILES string of the molecule is CCC(CCOc1cccc(Br)c1)C(C)Br. The predicted molar refractivity (Wildman–Crippen MR) is 76.4 cm³/mol. The minimum Gasteiger partial charge on any atom is -0.494 e. The van der Waals surface area contributed by atoms with E-state index in [4.69, 9.17) is 4.74 Å².